The Kier molecular flexibility index (Phi) is 5.45. The van der Waals surface area contributed by atoms with Crippen LogP contribution >= 0.6 is 0 Å². The lowest BCUT2D eigenvalue weighted by molar-refractivity contribution is -0.145. The molecule has 0 radical (unpaired) electrons. The molecule has 7 N–H and O–H groups in total. The fourth-order valence-electron chi connectivity index (χ4n) is 1.90. The second-order valence-electron chi connectivity index (χ2n) is 4.46. The number of rotatable bonds is 5. The number of ether oxygens (including phenoxy) is 1. The zero-order valence-electron chi connectivity index (χ0n) is 10.8. The minimum absolute atomic E-state index is 0.461. The van der Waals surface area contributed by atoms with Gasteiger partial charge in [-0.2, -0.15) is 0 Å². The summed E-state index contributed by atoms with van der Waals surface area (Å²) >= 11 is 0. The maximum absolute atomic E-state index is 11.1. The molecular weight excluding hydrogens is 272 g/mol. The van der Waals surface area contributed by atoms with Crippen molar-refractivity contribution in [1.82, 2.24) is 5.32 Å². The number of hydrogen-bond acceptors (Lipinski definition) is 7. The molecule has 1 heterocycles. The van der Waals surface area contributed by atoms with Gasteiger partial charge >= 0.3 is 5.97 Å². The van der Waals surface area contributed by atoms with Crippen LogP contribution in [0.1, 0.15) is 6.92 Å². The lowest BCUT2D eigenvalue weighted by atomic mass is 9.92. The van der Waals surface area contributed by atoms with Crippen LogP contribution in [-0.4, -0.2) is 69.3 Å². The summed E-state index contributed by atoms with van der Waals surface area (Å²) in [6.45, 7) is 0.463. The van der Waals surface area contributed by atoms with Gasteiger partial charge in [-0.3, -0.25) is 4.79 Å². The summed E-state index contributed by atoms with van der Waals surface area (Å²) in [5, 5.41) is 39.5. The van der Waals surface area contributed by atoms with Gasteiger partial charge < -0.3 is 36.2 Å². The highest BCUT2D eigenvalue weighted by Gasteiger charge is 2.42. The highest BCUT2D eigenvalue weighted by molar-refractivity contribution is 5.84. The normalized spacial score (nSPS) is 28.9. The van der Waals surface area contributed by atoms with E-state index in [4.69, 9.17) is 20.7 Å². The van der Waals surface area contributed by atoms with Gasteiger partial charge in [-0.15, -0.1) is 0 Å². The molecule has 0 bridgehead atoms. The maximum Gasteiger partial charge on any atom is 0.370 e. The molecule has 114 valence electrons. The number of hydrogen-bond donors (Lipinski definition) is 6. The summed E-state index contributed by atoms with van der Waals surface area (Å²) in [7, 11) is 0. The summed E-state index contributed by atoms with van der Waals surface area (Å²) in [4.78, 5) is 22.0. The van der Waals surface area contributed by atoms with Crippen molar-refractivity contribution in [1.29, 1.82) is 0 Å². The standard InChI is InChI=1S/C11H18N2O7/c1-4(15)13-8-5(12)2-7(11(18)19)20-10(8)9(17)6(16)3-14/h2,5-6,8-10,14,16-17H,3,12H2,1H3,(H,13,15)(H,18,19)/t5-,6-,8-,9?,10-/m1/s1. The third-order valence-electron chi connectivity index (χ3n) is 2.87. The number of aliphatic hydroxyl groups is 3. The summed E-state index contributed by atoms with van der Waals surface area (Å²) < 4.78 is 5.06. The number of amides is 1. The van der Waals surface area contributed by atoms with Crippen molar-refractivity contribution in [3.05, 3.63) is 11.8 Å². The van der Waals surface area contributed by atoms with Crippen LogP contribution in [0.3, 0.4) is 0 Å². The van der Waals surface area contributed by atoms with Crippen molar-refractivity contribution in [2.75, 3.05) is 6.61 Å². The Morgan fingerprint density at radius 3 is 2.55 bits per heavy atom. The Labute approximate surface area is 114 Å². The van der Waals surface area contributed by atoms with E-state index in [9.17, 15) is 19.8 Å². The largest absolute Gasteiger partial charge is 0.478 e. The van der Waals surface area contributed by atoms with E-state index in [0.717, 1.165) is 6.08 Å². The predicted octanol–water partition coefficient (Wildman–Crippen LogP) is -3.10. The van der Waals surface area contributed by atoms with Crippen molar-refractivity contribution >= 4 is 11.9 Å². The Hall–Kier alpha value is -1.68. The van der Waals surface area contributed by atoms with Gasteiger partial charge in [-0.1, -0.05) is 0 Å². The topological polar surface area (TPSA) is 162 Å². The molecule has 9 nitrogen and oxygen atoms in total. The van der Waals surface area contributed by atoms with E-state index in [-0.39, 0.29) is 0 Å². The molecule has 9 heteroatoms. The molecule has 0 aliphatic carbocycles. The molecule has 0 fully saturated rings. The van der Waals surface area contributed by atoms with Gasteiger partial charge in [0.2, 0.25) is 11.7 Å². The van der Waals surface area contributed by atoms with E-state index < -0.39 is 54.6 Å². The van der Waals surface area contributed by atoms with E-state index in [1.165, 1.54) is 6.92 Å². The number of carbonyl (C=O) groups is 2. The number of aliphatic hydroxyl groups excluding tert-OH is 3. The average molecular weight is 290 g/mol. The van der Waals surface area contributed by atoms with Gasteiger partial charge in [-0.25, -0.2) is 4.79 Å². The molecule has 1 rings (SSSR count). The molecule has 0 saturated heterocycles. The van der Waals surface area contributed by atoms with Gasteiger partial charge in [0.05, 0.1) is 18.7 Å². The van der Waals surface area contributed by atoms with Crippen LogP contribution < -0.4 is 11.1 Å². The van der Waals surface area contributed by atoms with Crippen LogP contribution in [0, 0.1) is 0 Å². The van der Waals surface area contributed by atoms with Crippen LogP contribution in [0.2, 0.25) is 0 Å². The minimum atomic E-state index is -1.62. The quantitative estimate of drug-likeness (QED) is 0.310. The predicted molar refractivity (Wildman–Crippen MR) is 65.3 cm³/mol. The molecule has 0 aromatic rings. The van der Waals surface area contributed by atoms with Crippen LogP contribution in [0.25, 0.3) is 0 Å². The first kappa shape index (κ1) is 16.4. The van der Waals surface area contributed by atoms with Crippen molar-refractivity contribution < 1.29 is 34.8 Å². The summed E-state index contributed by atoms with van der Waals surface area (Å²) in [5.41, 5.74) is 5.74. The van der Waals surface area contributed by atoms with Crippen LogP contribution in [-0.2, 0) is 14.3 Å². The minimum Gasteiger partial charge on any atom is -0.478 e. The number of aliphatic carboxylic acids is 1. The first-order chi connectivity index (χ1) is 9.27. The molecule has 20 heavy (non-hydrogen) atoms. The van der Waals surface area contributed by atoms with E-state index >= 15 is 0 Å². The third-order valence-corrected chi connectivity index (χ3v) is 2.87. The number of carboxylic acid groups (broad SMARTS) is 1. The number of nitrogens with two attached hydrogens (primary N) is 1. The molecule has 0 spiro atoms. The zero-order chi connectivity index (χ0) is 15.4. The number of carboxylic acids is 1. The van der Waals surface area contributed by atoms with Crippen LogP contribution in [0.15, 0.2) is 11.8 Å². The molecule has 1 unspecified atom stereocenters. The van der Waals surface area contributed by atoms with Gasteiger partial charge in [0.1, 0.15) is 18.3 Å². The maximum atomic E-state index is 11.1. The zero-order valence-corrected chi connectivity index (χ0v) is 10.8. The van der Waals surface area contributed by atoms with Gasteiger partial charge in [0.25, 0.3) is 0 Å². The Balaban J connectivity index is 3.04. The van der Waals surface area contributed by atoms with Crippen molar-refractivity contribution in [3.63, 3.8) is 0 Å². The molecule has 1 aliphatic heterocycles. The van der Waals surface area contributed by atoms with E-state index in [0.29, 0.717) is 0 Å². The summed E-state index contributed by atoms with van der Waals surface area (Å²) in [5.74, 6) is -2.34. The second-order valence-corrected chi connectivity index (χ2v) is 4.46. The third kappa shape index (κ3) is 3.67. The smallest absolute Gasteiger partial charge is 0.370 e. The molecule has 0 saturated carbocycles. The molecule has 0 aromatic heterocycles. The van der Waals surface area contributed by atoms with Gasteiger partial charge in [-0.05, 0) is 6.08 Å². The van der Waals surface area contributed by atoms with Gasteiger partial charge in [0, 0.05) is 6.92 Å². The molecule has 5 atom stereocenters. The number of carbonyl (C=O) groups excluding carboxylic acids is 1. The molecular formula is C11H18N2O7. The number of nitrogens with one attached hydrogen (secondary N) is 1. The van der Waals surface area contributed by atoms with Gasteiger partial charge in [0.15, 0.2) is 0 Å². The highest BCUT2D eigenvalue weighted by Crippen LogP contribution is 2.21. The van der Waals surface area contributed by atoms with Crippen molar-refractivity contribution in [2.24, 2.45) is 5.73 Å². The second kappa shape index (κ2) is 6.66. The first-order valence-corrected chi connectivity index (χ1v) is 5.89. The fourth-order valence-corrected chi connectivity index (χ4v) is 1.90. The summed E-state index contributed by atoms with van der Waals surface area (Å²) in [6.07, 6.45) is -3.38. The lowest BCUT2D eigenvalue weighted by Gasteiger charge is -2.38. The average Bonchev–Trinajstić information content (AvgIpc) is 2.38. The van der Waals surface area contributed by atoms with E-state index in [1.54, 1.807) is 0 Å². The Bertz CT molecular complexity index is 412. The molecule has 0 aromatic carbocycles. The van der Waals surface area contributed by atoms with Crippen LogP contribution in [0.4, 0.5) is 0 Å². The monoisotopic (exact) mass is 290 g/mol. The fraction of sp³-hybridized carbons (Fsp3) is 0.636. The highest BCUT2D eigenvalue weighted by atomic mass is 16.5. The van der Waals surface area contributed by atoms with Crippen LogP contribution in [0.5, 0.6) is 0 Å². The van der Waals surface area contributed by atoms with Crippen molar-refractivity contribution in [3.8, 4) is 0 Å². The van der Waals surface area contributed by atoms with E-state index in [1.807, 2.05) is 0 Å². The lowest BCUT2D eigenvalue weighted by Crippen LogP contribution is -2.62. The molecule has 1 amide bonds. The first-order valence-electron chi connectivity index (χ1n) is 5.89. The van der Waals surface area contributed by atoms with Crippen molar-refractivity contribution in [2.45, 2.75) is 37.3 Å². The van der Waals surface area contributed by atoms with E-state index in [2.05, 4.69) is 5.32 Å². The molecule has 1 aliphatic rings. The summed E-state index contributed by atoms with van der Waals surface area (Å²) in [6, 6.07) is -1.86. The Morgan fingerprint density at radius 1 is 1.50 bits per heavy atom. The SMILES string of the molecule is CC(=O)N[C@@H]1[C@H](N)C=C(C(=O)O)O[C@H]1C(O)[C@H](O)CO. The Morgan fingerprint density at radius 2 is 2.10 bits per heavy atom.